The van der Waals surface area contributed by atoms with Crippen molar-refractivity contribution < 1.29 is 14.2 Å². The topological polar surface area (TPSA) is 39.7 Å². The van der Waals surface area contributed by atoms with Crippen molar-refractivity contribution in [2.75, 3.05) is 21.3 Å². The van der Waals surface area contributed by atoms with E-state index >= 15 is 0 Å². The van der Waals surface area contributed by atoms with Gasteiger partial charge in [0.25, 0.3) is 0 Å². The number of hydrogen-bond acceptors (Lipinski definition) is 4. The molecule has 1 aromatic carbocycles. The Hall–Kier alpha value is -1.42. The van der Waals surface area contributed by atoms with Crippen LogP contribution in [0.3, 0.4) is 0 Å². The minimum absolute atomic E-state index is 0.450. The van der Waals surface area contributed by atoms with Crippen molar-refractivity contribution in [3.63, 3.8) is 0 Å². The van der Waals surface area contributed by atoms with Crippen LogP contribution in [0, 0.1) is 5.41 Å². The maximum absolute atomic E-state index is 5.49. The standard InChI is InChI=1S/C17H27NO3/c1-17(2)7-6-12(10-17)18-11-14-15(20-4)8-13(19-3)9-16(14)21-5/h8-9,12,18H,6-7,10-11H2,1-5H3. The van der Waals surface area contributed by atoms with E-state index in [4.69, 9.17) is 14.2 Å². The van der Waals surface area contributed by atoms with Crippen LogP contribution >= 0.6 is 0 Å². The third kappa shape index (κ3) is 3.82. The highest BCUT2D eigenvalue weighted by atomic mass is 16.5. The molecular weight excluding hydrogens is 266 g/mol. The molecule has 4 nitrogen and oxygen atoms in total. The van der Waals surface area contributed by atoms with E-state index < -0.39 is 0 Å². The van der Waals surface area contributed by atoms with Crippen LogP contribution < -0.4 is 19.5 Å². The number of methoxy groups -OCH3 is 3. The SMILES string of the molecule is COc1cc(OC)c(CNC2CCC(C)(C)C2)c(OC)c1. The second-order valence-electron chi connectivity index (χ2n) is 6.50. The Morgan fingerprint density at radius 3 is 2.14 bits per heavy atom. The van der Waals surface area contributed by atoms with Crippen molar-refractivity contribution >= 4 is 0 Å². The molecule has 1 aliphatic rings. The second kappa shape index (κ2) is 6.56. The van der Waals surface area contributed by atoms with Gasteiger partial charge in [-0.1, -0.05) is 13.8 Å². The Labute approximate surface area is 127 Å². The smallest absolute Gasteiger partial charge is 0.130 e. The molecule has 4 heteroatoms. The molecule has 0 spiro atoms. The first kappa shape index (κ1) is 16.0. The fraction of sp³-hybridized carbons (Fsp3) is 0.647. The van der Waals surface area contributed by atoms with Crippen LogP contribution in [0.15, 0.2) is 12.1 Å². The van der Waals surface area contributed by atoms with E-state index in [1.807, 2.05) is 12.1 Å². The minimum atomic E-state index is 0.450. The highest BCUT2D eigenvalue weighted by Gasteiger charge is 2.30. The number of benzene rings is 1. The van der Waals surface area contributed by atoms with E-state index in [1.165, 1.54) is 19.3 Å². The van der Waals surface area contributed by atoms with E-state index in [2.05, 4.69) is 19.2 Å². The van der Waals surface area contributed by atoms with Crippen molar-refractivity contribution in [3.05, 3.63) is 17.7 Å². The van der Waals surface area contributed by atoms with Crippen LogP contribution in [0.5, 0.6) is 17.2 Å². The van der Waals surface area contributed by atoms with Gasteiger partial charge >= 0.3 is 0 Å². The van der Waals surface area contributed by atoms with Gasteiger partial charge in [0.1, 0.15) is 17.2 Å². The summed E-state index contributed by atoms with van der Waals surface area (Å²) in [5.41, 5.74) is 1.50. The van der Waals surface area contributed by atoms with E-state index in [-0.39, 0.29) is 0 Å². The summed E-state index contributed by atoms with van der Waals surface area (Å²) in [6.07, 6.45) is 3.73. The van der Waals surface area contributed by atoms with E-state index in [1.54, 1.807) is 21.3 Å². The van der Waals surface area contributed by atoms with Gasteiger partial charge < -0.3 is 19.5 Å². The van der Waals surface area contributed by atoms with Gasteiger partial charge in [0.05, 0.1) is 26.9 Å². The van der Waals surface area contributed by atoms with Crippen LogP contribution in [-0.4, -0.2) is 27.4 Å². The Balaban J connectivity index is 2.11. The third-order valence-electron chi connectivity index (χ3n) is 4.35. The third-order valence-corrected chi connectivity index (χ3v) is 4.35. The molecule has 1 atom stereocenters. The molecular formula is C17H27NO3. The lowest BCUT2D eigenvalue weighted by Gasteiger charge is -2.20. The molecule has 0 aliphatic heterocycles. The van der Waals surface area contributed by atoms with Gasteiger partial charge in [-0.25, -0.2) is 0 Å². The quantitative estimate of drug-likeness (QED) is 0.873. The zero-order valence-electron chi connectivity index (χ0n) is 13.8. The van der Waals surface area contributed by atoms with E-state index in [9.17, 15) is 0 Å². The Morgan fingerprint density at radius 1 is 1.10 bits per heavy atom. The van der Waals surface area contributed by atoms with Gasteiger partial charge in [-0.05, 0) is 24.7 Å². The summed E-state index contributed by atoms with van der Waals surface area (Å²) < 4.78 is 16.3. The van der Waals surface area contributed by atoms with Gasteiger partial charge in [-0.15, -0.1) is 0 Å². The molecule has 118 valence electrons. The maximum Gasteiger partial charge on any atom is 0.130 e. The number of hydrogen-bond donors (Lipinski definition) is 1. The lowest BCUT2D eigenvalue weighted by molar-refractivity contribution is 0.354. The maximum atomic E-state index is 5.49. The van der Waals surface area contributed by atoms with Crippen molar-refractivity contribution in [3.8, 4) is 17.2 Å². The van der Waals surface area contributed by atoms with Crippen LogP contribution in [0.2, 0.25) is 0 Å². The van der Waals surface area contributed by atoms with Crippen LogP contribution in [0.1, 0.15) is 38.7 Å². The van der Waals surface area contributed by atoms with Crippen molar-refractivity contribution in [1.82, 2.24) is 5.32 Å². The average molecular weight is 293 g/mol. The van der Waals surface area contributed by atoms with Crippen molar-refractivity contribution in [2.24, 2.45) is 5.41 Å². The normalized spacial score (nSPS) is 20.3. The molecule has 0 amide bonds. The lowest BCUT2D eigenvalue weighted by atomic mass is 9.92. The number of nitrogens with one attached hydrogen (secondary N) is 1. The Kier molecular flexibility index (Phi) is 4.99. The molecule has 1 unspecified atom stereocenters. The van der Waals surface area contributed by atoms with Crippen molar-refractivity contribution in [1.29, 1.82) is 0 Å². The fourth-order valence-corrected chi connectivity index (χ4v) is 3.11. The highest BCUT2D eigenvalue weighted by Crippen LogP contribution is 2.38. The molecule has 1 aliphatic carbocycles. The van der Waals surface area contributed by atoms with Crippen LogP contribution in [-0.2, 0) is 6.54 Å². The van der Waals surface area contributed by atoms with Gasteiger partial charge in [0.15, 0.2) is 0 Å². The molecule has 1 aromatic rings. The Bertz CT molecular complexity index is 460. The molecule has 0 aromatic heterocycles. The summed E-state index contributed by atoms with van der Waals surface area (Å²) in [4.78, 5) is 0. The zero-order chi connectivity index (χ0) is 15.5. The first-order valence-corrected chi connectivity index (χ1v) is 7.51. The van der Waals surface area contributed by atoms with E-state index in [0.717, 1.165) is 29.4 Å². The summed E-state index contributed by atoms with van der Waals surface area (Å²) in [6, 6.07) is 4.37. The second-order valence-corrected chi connectivity index (χ2v) is 6.50. The van der Waals surface area contributed by atoms with Gasteiger partial charge in [-0.3, -0.25) is 0 Å². The molecule has 21 heavy (non-hydrogen) atoms. The lowest BCUT2D eigenvalue weighted by Crippen LogP contribution is -2.27. The zero-order valence-corrected chi connectivity index (χ0v) is 13.8. The minimum Gasteiger partial charge on any atom is -0.496 e. The molecule has 0 radical (unpaired) electrons. The summed E-state index contributed by atoms with van der Waals surface area (Å²) in [7, 11) is 5.00. The predicted molar refractivity (Wildman–Crippen MR) is 84.4 cm³/mol. The first-order chi connectivity index (χ1) is 9.99. The van der Waals surface area contributed by atoms with Gasteiger partial charge in [0.2, 0.25) is 0 Å². The van der Waals surface area contributed by atoms with Gasteiger partial charge in [0, 0.05) is 24.7 Å². The molecule has 0 heterocycles. The summed E-state index contributed by atoms with van der Waals surface area (Å²) in [6.45, 7) is 5.42. The molecule has 1 saturated carbocycles. The molecule has 0 bridgehead atoms. The average Bonchev–Trinajstić information content (AvgIpc) is 2.83. The van der Waals surface area contributed by atoms with Crippen LogP contribution in [0.25, 0.3) is 0 Å². The molecule has 1 fully saturated rings. The van der Waals surface area contributed by atoms with E-state index in [0.29, 0.717) is 11.5 Å². The first-order valence-electron chi connectivity index (χ1n) is 7.51. The fourth-order valence-electron chi connectivity index (χ4n) is 3.11. The Morgan fingerprint density at radius 2 is 1.71 bits per heavy atom. The van der Waals surface area contributed by atoms with Crippen molar-refractivity contribution in [2.45, 2.75) is 45.7 Å². The number of ether oxygens (including phenoxy) is 3. The number of rotatable bonds is 6. The highest BCUT2D eigenvalue weighted by molar-refractivity contribution is 5.50. The summed E-state index contributed by atoms with van der Waals surface area (Å²) in [5, 5.41) is 3.64. The predicted octanol–water partition coefficient (Wildman–Crippen LogP) is 3.38. The molecule has 2 rings (SSSR count). The van der Waals surface area contributed by atoms with Crippen LogP contribution in [0.4, 0.5) is 0 Å². The molecule has 1 N–H and O–H groups in total. The summed E-state index contributed by atoms with van der Waals surface area (Å²) in [5.74, 6) is 2.35. The monoisotopic (exact) mass is 293 g/mol. The summed E-state index contributed by atoms with van der Waals surface area (Å²) >= 11 is 0. The van der Waals surface area contributed by atoms with Gasteiger partial charge in [-0.2, -0.15) is 0 Å². The largest absolute Gasteiger partial charge is 0.496 e. The molecule has 0 saturated heterocycles.